The van der Waals surface area contributed by atoms with Crippen molar-refractivity contribution in [2.45, 2.75) is 12.8 Å². The standard InChI is InChI=1S/C22H24FN3O3.C4H4O4/c23-16-6-7-17-18(24-29-21(17)15-16)3-2-8-25-9-11-26(12-10-25)19-4-1-5-20-22(19)28-14-13-27-20;5-3(6)1-2-4(7)8/h1,4-7,15H,2-3,8-14H2;1-2H,(H,5,6)(H,7,8)/b;2-1+. The zero-order chi connectivity index (χ0) is 26.2. The van der Waals surface area contributed by atoms with E-state index in [1.165, 1.54) is 12.1 Å². The minimum atomic E-state index is -1.26. The molecule has 0 radical (unpaired) electrons. The van der Waals surface area contributed by atoms with Gasteiger partial charge in [-0.2, -0.15) is 0 Å². The number of piperazine rings is 1. The van der Waals surface area contributed by atoms with Crippen LogP contribution in [0.4, 0.5) is 10.1 Å². The average Bonchev–Trinajstić information content (AvgIpc) is 3.30. The number of hydrogen-bond acceptors (Lipinski definition) is 8. The van der Waals surface area contributed by atoms with Crippen LogP contribution in [0, 0.1) is 5.82 Å². The van der Waals surface area contributed by atoms with Crippen molar-refractivity contribution in [3.8, 4) is 11.5 Å². The highest BCUT2D eigenvalue weighted by molar-refractivity contribution is 5.89. The average molecular weight is 514 g/mol. The third-order valence-electron chi connectivity index (χ3n) is 6.02. The number of carbonyl (C=O) groups is 2. The van der Waals surface area contributed by atoms with Crippen LogP contribution in [-0.2, 0) is 16.0 Å². The van der Waals surface area contributed by atoms with E-state index < -0.39 is 11.9 Å². The van der Waals surface area contributed by atoms with Crippen molar-refractivity contribution in [2.75, 3.05) is 50.8 Å². The minimum absolute atomic E-state index is 0.297. The van der Waals surface area contributed by atoms with Crippen molar-refractivity contribution in [2.24, 2.45) is 0 Å². The Labute approximate surface area is 212 Å². The number of para-hydroxylation sites is 1. The molecule has 0 bridgehead atoms. The third-order valence-corrected chi connectivity index (χ3v) is 6.02. The lowest BCUT2D eigenvalue weighted by Crippen LogP contribution is -2.46. The number of aliphatic carboxylic acids is 2. The fraction of sp³-hybridized carbons (Fsp3) is 0.346. The van der Waals surface area contributed by atoms with E-state index in [0.29, 0.717) is 30.9 Å². The van der Waals surface area contributed by atoms with Gasteiger partial charge in [0.1, 0.15) is 19.0 Å². The third kappa shape index (κ3) is 6.98. The molecule has 3 heterocycles. The van der Waals surface area contributed by atoms with Gasteiger partial charge in [0, 0.05) is 49.8 Å². The Hall–Kier alpha value is -4.12. The summed E-state index contributed by atoms with van der Waals surface area (Å²) >= 11 is 0. The molecule has 1 saturated heterocycles. The van der Waals surface area contributed by atoms with E-state index >= 15 is 0 Å². The Morgan fingerprint density at radius 1 is 1.00 bits per heavy atom. The molecule has 0 saturated carbocycles. The van der Waals surface area contributed by atoms with Gasteiger partial charge in [-0.15, -0.1) is 0 Å². The normalized spacial score (nSPS) is 15.4. The van der Waals surface area contributed by atoms with E-state index in [9.17, 15) is 14.0 Å². The number of anilines is 1. The highest BCUT2D eigenvalue weighted by atomic mass is 19.1. The number of rotatable bonds is 7. The van der Waals surface area contributed by atoms with Crippen molar-refractivity contribution < 1.29 is 38.2 Å². The number of fused-ring (bicyclic) bond motifs is 2. The number of halogens is 1. The zero-order valence-electron chi connectivity index (χ0n) is 20.1. The van der Waals surface area contributed by atoms with E-state index in [1.54, 1.807) is 6.07 Å². The Morgan fingerprint density at radius 2 is 1.73 bits per heavy atom. The molecule has 0 amide bonds. The first kappa shape index (κ1) is 26.0. The fourth-order valence-electron chi connectivity index (χ4n) is 4.28. The molecule has 0 spiro atoms. The van der Waals surface area contributed by atoms with E-state index in [0.717, 1.165) is 73.8 Å². The zero-order valence-corrected chi connectivity index (χ0v) is 20.1. The number of aryl methyl sites for hydroxylation is 1. The van der Waals surface area contributed by atoms with Crippen molar-refractivity contribution in [3.63, 3.8) is 0 Å². The number of carboxylic acids is 2. The number of hydrogen-bond donors (Lipinski definition) is 2. The summed E-state index contributed by atoms with van der Waals surface area (Å²) < 4.78 is 30.1. The second-order valence-electron chi connectivity index (χ2n) is 8.51. The SMILES string of the molecule is Fc1ccc2c(CCCN3CCN(c4cccc5c4OCCO5)CC3)noc2c1.O=C(O)/C=C/C(=O)O. The van der Waals surface area contributed by atoms with Crippen LogP contribution in [0.3, 0.4) is 0 Å². The highest BCUT2D eigenvalue weighted by Crippen LogP contribution is 2.39. The molecule has 5 rings (SSSR count). The Morgan fingerprint density at radius 3 is 2.46 bits per heavy atom. The maximum Gasteiger partial charge on any atom is 0.328 e. The summed E-state index contributed by atoms with van der Waals surface area (Å²) in [4.78, 5) is 24.0. The van der Waals surface area contributed by atoms with Gasteiger partial charge in [-0.1, -0.05) is 11.2 Å². The first-order valence-electron chi connectivity index (χ1n) is 11.9. The van der Waals surface area contributed by atoms with E-state index in [-0.39, 0.29) is 5.82 Å². The molecule has 0 atom stereocenters. The van der Waals surface area contributed by atoms with E-state index in [2.05, 4.69) is 21.0 Å². The van der Waals surface area contributed by atoms with Crippen LogP contribution in [0.2, 0.25) is 0 Å². The predicted molar refractivity (Wildman–Crippen MR) is 133 cm³/mol. The summed E-state index contributed by atoms with van der Waals surface area (Å²) in [5.41, 5.74) is 2.56. The van der Waals surface area contributed by atoms with Gasteiger partial charge in [0.15, 0.2) is 17.1 Å². The van der Waals surface area contributed by atoms with Crippen molar-refractivity contribution in [3.05, 3.63) is 60.1 Å². The largest absolute Gasteiger partial charge is 0.486 e. The molecule has 37 heavy (non-hydrogen) atoms. The lowest BCUT2D eigenvalue weighted by atomic mass is 10.1. The van der Waals surface area contributed by atoms with Gasteiger partial charge in [-0.05, 0) is 43.7 Å². The smallest absolute Gasteiger partial charge is 0.328 e. The van der Waals surface area contributed by atoms with Crippen molar-refractivity contribution in [1.82, 2.24) is 10.1 Å². The first-order chi connectivity index (χ1) is 17.9. The molecule has 0 unspecified atom stereocenters. The maximum atomic E-state index is 13.3. The maximum absolute atomic E-state index is 13.3. The van der Waals surface area contributed by atoms with E-state index in [4.69, 9.17) is 24.2 Å². The molecule has 1 fully saturated rings. The van der Waals surface area contributed by atoms with Gasteiger partial charge in [0.2, 0.25) is 0 Å². The Bertz CT molecular complexity index is 1250. The predicted octanol–water partition coefficient (Wildman–Crippen LogP) is 3.20. The minimum Gasteiger partial charge on any atom is -0.486 e. The monoisotopic (exact) mass is 513 g/mol. The van der Waals surface area contributed by atoms with Gasteiger partial charge in [-0.3, -0.25) is 4.90 Å². The van der Waals surface area contributed by atoms with Gasteiger partial charge < -0.3 is 29.1 Å². The van der Waals surface area contributed by atoms with Crippen molar-refractivity contribution in [1.29, 1.82) is 0 Å². The summed E-state index contributed by atoms with van der Waals surface area (Å²) in [5.74, 6) is -1.09. The molecule has 2 N–H and O–H groups in total. The first-order valence-corrected chi connectivity index (χ1v) is 11.9. The van der Waals surface area contributed by atoms with Crippen LogP contribution >= 0.6 is 0 Å². The molecule has 10 nitrogen and oxygen atoms in total. The number of benzene rings is 2. The Balaban J connectivity index is 0.000000349. The number of ether oxygens (including phenoxy) is 2. The van der Waals surface area contributed by atoms with Crippen LogP contribution in [0.25, 0.3) is 11.0 Å². The molecule has 2 aromatic carbocycles. The van der Waals surface area contributed by atoms with Crippen LogP contribution < -0.4 is 14.4 Å². The number of carboxylic acid groups (broad SMARTS) is 2. The summed E-state index contributed by atoms with van der Waals surface area (Å²) in [7, 11) is 0. The van der Waals surface area contributed by atoms with Gasteiger partial charge in [0.25, 0.3) is 0 Å². The summed E-state index contributed by atoms with van der Waals surface area (Å²) in [6, 6.07) is 10.7. The molecule has 2 aliphatic heterocycles. The second-order valence-corrected chi connectivity index (χ2v) is 8.51. The van der Waals surface area contributed by atoms with Gasteiger partial charge >= 0.3 is 11.9 Å². The highest BCUT2D eigenvalue weighted by Gasteiger charge is 2.23. The summed E-state index contributed by atoms with van der Waals surface area (Å²) in [6.07, 6.45) is 2.94. The molecule has 196 valence electrons. The van der Waals surface area contributed by atoms with Crippen LogP contribution in [0.5, 0.6) is 11.5 Å². The molecule has 2 aliphatic rings. The quantitative estimate of drug-likeness (QED) is 0.455. The topological polar surface area (TPSA) is 126 Å². The lowest BCUT2D eigenvalue weighted by Gasteiger charge is -2.37. The fourth-order valence-corrected chi connectivity index (χ4v) is 4.28. The molecule has 1 aromatic heterocycles. The summed E-state index contributed by atoms with van der Waals surface area (Å²) in [5, 5.41) is 20.7. The molecule has 11 heteroatoms. The van der Waals surface area contributed by atoms with Gasteiger partial charge in [-0.25, -0.2) is 14.0 Å². The van der Waals surface area contributed by atoms with Gasteiger partial charge in [0.05, 0.1) is 11.4 Å². The molecule has 3 aromatic rings. The number of nitrogens with zero attached hydrogens (tertiary/aromatic N) is 3. The van der Waals surface area contributed by atoms with Crippen LogP contribution in [-0.4, -0.2) is 78.1 Å². The lowest BCUT2D eigenvalue weighted by molar-refractivity contribution is -0.134. The van der Waals surface area contributed by atoms with Crippen LogP contribution in [0.15, 0.2) is 53.1 Å². The van der Waals surface area contributed by atoms with Crippen LogP contribution in [0.1, 0.15) is 12.1 Å². The molecular formula is C26H28FN3O7. The molecular weight excluding hydrogens is 485 g/mol. The molecule has 0 aliphatic carbocycles. The number of aromatic nitrogens is 1. The second kappa shape index (κ2) is 12.2. The van der Waals surface area contributed by atoms with E-state index in [1.807, 2.05) is 12.1 Å². The Kier molecular flexibility index (Phi) is 8.57. The summed E-state index contributed by atoms with van der Waals surface area (Å²) in [6.45, 7) is 6.17. The van der Waals surface area contributed by atoms with Crippen molar-refractivity contribution >= 4 is 28.6 Å².